The minimum absolute atomic E-state index is 0.00166. The number of amides is 3. The van der Waals surface area contributed by atoms with Crippen LogP contribution in [0, 0.1) is 0 Å². The summed E-state index contributed by atoms with van der Waals surface area (Å²) in [6.07, 6.45) is -0.890. The van der Waals surface area contributed by atoms with Crippen LogP contribution in [0.3, 0.4) is 0 Å². The van der Waals surface area contributed by atoms with Crippen molar-refractivity contribution in [1.82, 2.24) is 15.5 Å². The first kappa shape index (κ1) is 37.6. The maximum absolute atomic E-state index is 14.0. The van der Waals surface area contributed by atoms with Crippen LogP contribution in [0.15, 0.2) is 87.8 Å². The zero-order valence-electron chi connectivity index (χ0n) is 30.2. The number of hydrogen-bond donors (Lipinski definition) is 5. The van der Waals surface area contributed by atoms with Crippen LogP contribution < -0.4 is 10.6 Å². The lowest BCUT2D eigenvalue weighted by atomic mass is 10.1. The Morgan fingerprint density at radius 1 is 0.574 bits per heavy atom. The number of nitrogens with zero attached hydrogens (tertiary/aromatic N) is 4. The highest BCUT2D eigenvalue weighted by Crippen LogP contribution is 2.27. The lowest BCUT2D eigenvalue weighted by Gasteiger charge is -2.26. The van der Waals surface area contributed by atoms with Crippen molar-refractivity contribution in [3.05, 3.63) is 89.5 Å². The Labute approximate surface area is 312 Å². The summed E-state index contributed by atoms with van der Waals surface area (Å²) >= 11 is 0. The minimum Gasteiger partial charge on any atom is -0.507 e. The number of phenolic OH excluding ortho intramolecular Hbond substituents is 3. The predicted octanol–water partition coefficient (Wildman–Crippen LogP) is 2.65. The lowest BCUT2D eigenvalue weighted by Crippen LogP contribution is -2.45. The number of ether oxygens (including phenoxy) is 3. The topological polar surface area (TPSA) is 204 Å². The smallest absolute Gasteiger partial charge is 0.251 e. The van der Waals surface area contributed by atoms with Crippen molar-refractivity contribution in [2.45, 2.75) is 70.1 Å². The molecule has 284 valence electrons. The van der Waals surface area contributed by atoms with Gasteiger partial charge in [0.15, 0.2) is 18.1 Å². The fourth-order valence-electron chi connectivity index (χ4n) is 6.36. The number of phenols is 3. The van der Waals surface area contributed by atoms with E-state index in [4.69, 9.17) is 14.2 Å². The molecule has 0 spiro atoms. The Balaban J connectivity index is 1.07. The van der Waals surface area contributed by atoms with Crippen molar-refractivity contribution in [2.24, 2.45) is 15.0 Å². The summed E-state index contributed by atoms with van der Waals surface area (Å²) in [5, 5.41) is 36.5. The van der Waals surface area contributed by atoms with E-state index in [9.17, 15) is 29.7 Å². The second-order valence-corrected chi connectivity index (χ2v) is 13.3. The van der Waals surface area contributed by atoms with Crippen LogP contribution in [0.5, 0.6) is 17.2 Å². The number of aromatic hydroxyl groups is 3. The molecule has 15 nitrogen and oxygen atoms in total. The molecule has 6 atom stereocenters. The molecule has 15 heteroatoms. The molecule has 1 unspecified atom stereocenters. The van der Waals surface area contributed by atoms with Crippen LogP contribution in [0.25, 0.3) is 0 Å². The lowest BCUT2D eigenvalue weighted by molar-refractivity contribution is -0.134. The highest BCUT2D eigenvalue weighted by atomic mass is 16.5. The third-order valence-corrected chi connectivity index (χ3v) is 9.31. The zero-order valence-corrected chi connectivity index (χ0v) is 30.2. The van der Waals surface area contributed by atoms with Crippen molar-refractivity contribution in [1.29, 1.82) is 0 Å². The molecule has 0 fully saturated rings. The zero-order chi connectivity index (χ0) is 38.4. The molecule has 3 amide bonds. The van der Waals surface area contributed by atoms with E-state index in [-0.39, 0.29) is 78.8 Å². The van der Waals surface area contributed by atoms with Crippen LogP contribution in [0.2, 0.25) is 0 Å². The van der Waals surface area contributed by atoms with Gasteiger partial charge in [-0.25, -0.2) is 15.0 Å². The van der Waals surface area contributed by atoms with Crippen molar-refractivity contribution < 1.29 is 43.9 Å². The van der Waals surface area contributed by atoms with Gasteiger partial charge in [-0.05, 0) is 70.0 Å². The molecule has 3 aliphatic heterocycles. The second-order valence-electron chi connectivity index (χ2n) is 13.3. The predicted molar refractivity (Wildman–Crippen MR) is 199 cm³/mol. The van der Waals surface area contributed by atoms with E-state index in [0.717, 1.165) is 0 Å². The first-order chi connectivity index (χ1) is 26.0. The fourth-order valence-corrected chi connectivity index (χ4v) is 6.36. The van der Waals surface area contributed by atoms with Gasteiger partial charge in [0.1, 0.15) is 35.6 Å². The first-order valence-electron chi connectivity index (χ1n) is 17.9. The number of hydrogen-bond acceptors (Lipinski definition) is 12. The number of benzene rings is 3. The van der Waals surface area contributed by atoms with Crippen molar-refractivity contribution in [3.63, 3.8) is 0 Å². The minimum atomic E-state index is -0.874. The highest BCUT2D eigenvalue weighted by Gasteiger charge is 2.38. The largest absolute Gasteiger partial charge is 0.507 e. The molecule has 0 bridgehead atoms. The first-order valence-corrected chi connectivity index (χ1v) is 17.9. The monoisotopic (exact) mass is 740 g/mol. The Morgan fingerprint density at radius 3 is 1.28 bits per heavy atom. The third kappa shape index (κ3) is 8.40. The van der Waals surface area contributed by atoms with E-state index in [1.165, 1.54) is 18.2 Å². The van der Waals surface area contributed by atoms with E-state index in [1.807, 2.05) is 0 Å². The Morgan fingerprint density at radius 2 is 0.907 bits per heavy atom. The SMILES string of the molecule is C[C@@H]1OC(c2ccccc2O)=NC1C(=O)N(CCCNC(=O)[C@H]1N=C(c2ccccc2O)O[C@@H]1C)CCCNC(=O)[C@@H]1N=C(c2ccccc2O)O[C@H]1C. The van der Waals surface area contributed by atoms with E-state index in [0.29, 0.717) is 29.5 Å². The summed E-state index contributed by atoms with van der Waals surface area (Å²) in [7, 11) is 0. The van der Waals surface area contributed by atoms with E-state index in [1.54, 1.807) is 80.3 Å². The van der Waals surface area contributed by atoms with Crippen molar-refractivity contribution >= 4 is 35.4 Å². The molecule has 5 N–H and O–H groups in total. The summed E-state index contributed by atoms with van der Waals surface area (Å²) in [6.45, 7) is 6.21. The summed E-state index contributed by atoms with van der Waals surface area (Å²) < 4.78 is 17.5. The standard InChI is InChI=1S/C39H44N6O9/c1-22-31(42-36(52-22)25-12-4-7-15-28(25)46)34(49)40-18-10-20-45(39(51)33-24(3)54-38(44-33)27-14-6-9-17-30(27)48)21-11-19-41-35(50)32-23(2)53-37(43-32)26-13-5-8-16-29(26)47/h4-9,12-17,22-24,31-33,46-48H,10-11,18-21H2,1-3H3,(H,40,49)(H,41,50)/t22-,23+,24-,31+,32-,33?/m0/s1. The van der Waals surface area contributed by atoms with Crippen LogP contribution in [0.4, 0.5) is 0 Å². The average Bonchev–Trinajstić information content (AvgIpc) is 3.86. The van der Waals surface area contributed by atoms with Gasteiger partial charge in [-0.3, -0.25) is 14.4 Å². The van der Waals surface area contributed by atoms with E-state index < -0.39 is 36.4 Å². The summed E-state index contributed by atoms with van der Waals surface area (Å²) in [5.74, 6) is -0.440. The number of rotatable bonds is 14. The van der Waals surface area contributed by atoms with Crippen LogP contribution in [-0.4, -0.2) is 118 Å². The molecule has 0 aliphatic carbocycles. The van der Waals surface area contributed by atoms with Crippen molar-refractivity contribution in [2.75, 3.05) is 26.2 Å². The van der Waals surface area contributed by atoms with Gasteiger partial charge in [0.05, 0.1) is 16.7 Å². The van der Waals surface area contributed by atoms with Crippen LogP contribution in [-0.2, 0) is 28.6 Å². The normalized spacial score (nSPS) is 22.9. The Hall–Kier alpha value is -6.12. The van der Waals surface area contributed by atoms with Gasteiger partial charge in [0.2, 0.25) is 29.5 Å². The molecule has 6 rings (SSSR count). The van der Waals surface area contributed by atoms with E-state index >= 15 is 0 Å². The number of nitrogens with one attached hydrogen (secondary N) is 2. The van der Waals surface area contributed by atoms with Gasteiger partial charge in [0, 0.05) is 26.2 Å². The molecule has 3 heterocycles. The van der Waals surface area contributed by atoms with Gasteiger partial charge >= 0.3 is 0 Å². The molecule has 0 saturated carbocycles. The maximum Gasteiger partial charge on any atom is 0.251 e. The molecule has 3 aromatic carbocycles. The molecule has 3 aliphatic rings. The molecule has 0 radical (unpaired) electrons. The Bertz CT molecular complexity index is 1870. The molecule has 3 aromatic rings. The molecular weight excluding hydrogens is 696 g/mol. The number of carbonyl (C=O) groups excluding carboxylic acids is 3. The van der Waals surface area contributed by atoms with Gasteiger partial charge in [0.25, 0.3) is 5.91 Å². The van der Waals surface area contributed by atoms with Gasteiger partial charge < -0.3 is 45.1 Å². The summed E-state index contributed by atoms with van der Waals surface area (Å²) in [6, 6.07) is 17.3. The molecule has 0 saturated heterocycles. The highest BCUT2D eigenvalue weighted by molar-refractivity contribution is 6.02. The van der Waals surface area contributed by atoms with Gasteiger partial charge in [-0.15, -0.1) is 0 Å². The van der Waals surface area contributed by atoms with E-state index in [2.05, 4.69) is 25.6 Å². The number of para-hydroxylation sites is 3. The van der Waals surface area contributed by atoms with Gasteiger partial charge in [-0.1, -0.05) is 36.4 Å². The van der Waals surface area contributed by atoms with Crippen LogP contribution >= 0.6 is 0 Å². The molecule has 0 aromatic heterocycles. The maximum atomic E-state index is 14.0. The third-order valence-electron chi connectivity index (χ3n) is 9.31. The average molecular weight is 741 g/mol. The number of carbonyl (C=O) groups is 3. The second kappa shape index (κ2) is 16.7. The molecule has 54 heavy (non-hydrogen) atoms. The summed E-state index contributed by atoms with van der Waals surface area (Å²) in [4.78, 5) is 55.2. The quantitative estimate of drug-likeness (QED) is 0.154. The van der Waals surface area contributed by atoms with Crippen molar-refractivity contribution in [3.8, 4) is 17.2 Å². The molecular formula is C39H44N6O9. The summed E-state index contributed by atoms with van der Waals surface area (Å²) in [5.41, 5.74) is 1.19. The van der Waals surface area contributed by atoms with Crippen LogP contribution in [0.1, 0.15) is 50.3 Å². The number of aliphatic imine (C=N–C) groups is 3. The Kier molecular flexibility index (Phi) is 11.6. The fraction of sp³-hybridized carbons (Fsp3) is 0.385. The van der Waals surface area contributed by atoms with Gasteiger partial charge in [-0.2, -0.15) is 0 Å².